The van der Waals surface area contributed by atoms with Gasteiger partial charge >= 0.3 is 6.09 Å². The molecule has 38 heavy (non-hydrogen) atoms. The van der Waals surface area contributed by atoms with E-state index in [4.69, 9.17) is 19.8 Å². The second-order valence-corrected chi connectivity index (χ2v) is 10.3. The molecule has 4 heterocycles. The minimum absolute atomic E-state index is 0.0166. The van der Waals surface area contributed by atoms with Crippen molar-refractivity contribution in [3.8, 4) is 11.3 Å². The predicted molar refractivity (Wildman–Crippen MR) is 146 cm³/mol. The fraction of sp³-hybridized carbons (Fsp3) is 0.370. The van der Waals surface area contributed by atoms with Crippen molar-refractivity contribution in [2.45, 2.75) is 32.4 Å². The van der Waals surface area contributed by atoms with Gasteiger partial charge in [0.05, 0.1) is 30.1 Å². The SMILES string of the molecule is CCc1nc2n(c1N(C)c1nc(-c3ccc(F)cc3)cs1)CC(C)(N1C=CN(C(=O)OCCO)CC1)C=C2. The van der Waals surface area contributed by atoms with Gasteiger partial charge in [0.25, 0.3) is 0 Å². The van der Waals surface area contributed by atoms with E-state index in [0.29, 0.717) is 19.6 Å². The number of carbonyl (C=O) groups is 1. The van der Waals surface area contributed by atoms with E-state index in [1.807, 2.05) is 18.6 Å². The average Bonchev–Trinajstić information content (AvgIpc) is 3.57. The normalized spacial score (nSPS) is 18.6. The average molecular weight is 539 g/mol. The Morgan fingerprint density at radius 2 is 2.03 bits per heavy atom. The zero-order chi connectivity index (χ0) is 26.9. The van der Waals surface area contributed by atoms with E-state index in [1.54, 1.807) is 18.3 Å². The molecule has 11 heteroatoms. The predicted octanol–water partition coefficient (Wildman–Crippen LogP) is 4.48. The van der Waals surface area contributed by atoms with Crippen molar-refractivity contribution in [3.63, 3.8) is 0 Å². The lowest BCUT2D eigenvalue weighted by molar-refractivity contribution is 0.0843. The summed E-state index contributed by atoms with van der Waals surface area (Å²) in [5.74, 6) is 1.62. The number of amides is 1. The number of aliphatic hydroxyl groups excluding tert-OH is 1. The molecular weight excluding hydrogens is 507 g/mol. The third kappa shape index (κ3) is 4.91. The lowest BCUT2D eigenvalue weighted by Crippen LogP contribution is -2.51. The number of anilines is 2. The summed E-state index contributed by atoms with van der Waals surface area (Å²) in [4.78, 5) is 27.7. The molecule has 200 valence electrons. The molecule has 0 radical (unpaired) electrons. The highest BCUT2D eigenvalue weighted by Gasteiger charge is 2.36. The van der Waals surface area contributed by atoms with Crippen LogP contribution in [-0.4, -0.2) is 74.4 Å². The molecule has 2 aromatic heterocycles. The fourth-order valence-electron chi connectivity index (χ4n) is 4.80. The quantitative estimate of drug-likeness (QED) is 0.475. The number of carbonyl (C=O) groups excluding carboxylic acids is 1. The van der Waals surface area contributed by atoms with E-state index in [2.05, 4.69) is 40.4 Å². The van der Waals surface area contributed by atoms with E-state index in [0.717, 1.165) is 40.1 Å². The largest absolute Gasteiger partial charge is 0.447 e. The summed E-state index contributed by atoms with van der Waals surface area (Å²) in [7, 11) is 2.00. The Balaban J connectivity index is 1.39. The van der Waals surface area contributed by atoms with Gasteiger partial charge in [-0.2, -0.15) is 0 Å². The highest BCUT2D eigenvalue weighted by atomic mass is 32.1. The number of aryl methyl sites for hydroxylation is 1. The second-order valence-electron chi connectivity index (χ2n) is 9.47. The van der Waals surface area contributed by atoms with Crippen molar-refractivity contribution < 1.29 is 19.0 Å². The molecule has 0 fully saturated rings. The van der Waals surface area contributed by atoms with Gasteiger partial charge in [-0.25, -0.2) is 19.2 Å². The maximum atomic E-state index is 13.4. The molecule has 0 spiro atoms. The number of ether oxygens (including phenoxy) is 1. The molecule has 1 N–H and O–H groups in total. The Bertz CT molecular complexity index is 1370. The summed E-state index contributed by atoms with van der Waals surface area (Å²) >= 11 is 1.54. The first kappa shape index (κ1) is 25.9. The standard InChI is InChI=1S/C27H31FN6O3S/c1-4-21-24(31(3)25-30-22(17-38-25)19-5-7-20(28)8-6-19)34-18-27(2,10-9-23(34)29-21)33-13-11-32(12-14-33)26(36)37-16-15-35/h5-11,13,17,35H,4,12,14-16,18H2,1-3H3. The number of nitrogens with zero attached hydrogens (tertiary/aromatic N) is 6. The lowest BCUT2D eigenvalue weighted by atomic mass is 9.96. The van der Waals surface area contributed by atoms with Crippen LogP contribution in [0.15, 0.2) is 48.1 Å². The molecule has 2 aliphatic heterocycles. The zero-order valence-electron chi connectivity index (χ0n) is 21.7. The molecule has 5 rings (SSSR count). The van der Waals surface area contributed by atoms with Crippen molar-refractivity contribution in [2.75, 3.05) is 38.3 Å². The summed E-state index contributed by atoms with van der Waals surface area (Å²) in [6, 6.07) is 6.37. The van der Waals surface area contributed by atoms with Gasteiger partial charge in [0.15, 0.2) is 5.13 Å². The van der Waals surface area contributed by atoms with Gasteiger partial charge in [-0.1, -0.05) is 13.0 Å². The highest BCUT2D eigenvalue weighted by molar-refractivity contribution is 7.14. The number of fused-ring (bicyclic) bond motifs is 1. The molecule has 9 nitrogen and oxygen atoms in total. The van der Waals surface area contributed by atoms with Crippen molar-refractivity contribution in [1.82, 2.24) is 24.3 Å². The van der Waals surface area contributed by atoms with Crippen LogP contribution in [0.3, 0.4) is 0 Å². The first-order valence-electron chi connectivity index (χ1n) is 12.6. The van der Waals surface area contributed by atoms with E-state index in [-0.39, 0.29) is 24.6 Å². The van der Waals surface area contributed by atoms with Crippen molar-refractivity contribution in [2.24, 2.45) is 0 Å². The molecule has 0 bridgehead atoms. The maximum absolute atomic E-state index is 13.4. The third-order valence-corrected chi connectivity index (χ3v) is 7.81. The minimum atomic E-state index is -0.462. The number of halogens is 1. The number of thiazole rings is 1. The Labute approximate surface area is 225 Å². The molecular formula is C27H31FN6O3S. The van der Waals surface area contributed by atoms with Gasteiger partial charge in [0, 0.05) is 43.5 Å². The first-order chi connectivity index (χ1) is 18.3. The van der Waals surface area contributed by atoms with Gasteiger partial charge < -0.3 is 24.2 Å². The molecule has 1 aromatic carbocycles. The second kappa shape index (κ2) is 10.6. The van der Waals surface area contributed by atoms with Crippen molar-refractivity contribution in [3.05, 3.63) is 65.5 Å². The van der Waals surface area contributed by atoms with Crippen LogP contribution in [0.25, 0.3) is 17.3 Å². The summed E-state index contributed by atoms with van der Waals surface area (Å²) in [6.07, 6.45) is 8.17. The summed E-state index contributed by atoms with van der Waals surface area (Å²) in [5.41, 5.74) is 2.32. The Morgan fingerprint density at radius 1 is 1.24 bits per heavy atom. The van der Waals surface area contributed by atoms with Crippen LogP contribution in [0.4, 0.5) is 20.1 Å². The number of benzene rings is 1. The molecule has 0 saturated carbocycles. The van der Waals surface area contributed by atoms with Gasteiger partial charge in [-0.15, -0.1) is 11.3 Å². The number of rotatable bonds is 7. The summed E-state index contributed by atoms with van der Waals surface area (Å²) in [6.45, 7) is 5.84. The topological polar surface area (TPSA) is 87.0 Å². The van der Waals surface area contributed by atoms with Crippen LogP contribution in [0.1, 0.15) is 25.4 Å². The van der Waals surface area contributed by atoms with Crippen LogP contribution in [0.5, 0.6) is 0 Å². The number of hydrogen-bond acceptors (Lipinski definition) is 8. The van der Waals surface area contributed by atoms with Gasteiger partial charge in [0.2, 0.25) is 0 Å². The van der Waals surface area contributed by atoms with Gasteiger partial charge in [-0.05, 0) is 43.7 Å². The first-order valence-corrected chi connectivity index (χ1v) is 13.4. The molecule has 2 aliphatic rings. The van der Waals surface area contributed by atoms with E-state index >= 15 is 0 Å². The smallest absolute Gasteiger partial charge is 0.413 e. The van der Waals surface area contributed by atoms with Crippen molar-refractivity contribution in [1.29, 1.82) is 0 Å². The van der Waals surface area contributed by atoms with Gasteiger partial charge in [0.1, 0.15) is 24.1 Å². The summed E-state index contributed by atoms with van der Waals surface area (Å²) < 4.78 is 20.6. The van der Waals surface area contributed by atoms with Crippen LogP contribution in [0, 0.1) is 5.82 Å². The van der Waals surface area contributed by atoms with Gasteiger partial charge in [-0.3, -0.25) is 4.90 Å². The number of imidazole rings is 1. The van der Waals surface area contributed by atoms with E-state index in [9.17, 15) is 9.18 Å². The number of aromatic nitrogens is 3. The molecule has 1 atom stereocenters. The monoisotopic (exact) mass is 538 g/mol. The number of aliphatic hydroxyl groups is 1. The Hall–Kier alpha value is -3.70. The van der Waals surface area contributed by atoms with Crippen LogP contribution >= 0.6 is 11.3 Å². The minimum Gasteiger partial charge on any atom is -0.447 e. The maximum Gasteiger partial charge on any atom is 0.413 e. The van der Waals surface area contributed by atoms with Crippen LogP contribution in [0.2, 0.25) is 0 Å². The Kier molecular flexibility index (Phi) is 7.22. The van der Waals surface area contributed by atoms with E-state index < -0.39 is 6.09 Å². The van der Waals surface area contributed by atoms with E-state index in [1.165, 1.54) is 28.4 Å². The molecule has 0 aliphatic carbocycles. The molecule has 1 unspecified atom stereocenters. The third-order valence-electron chi connectivity index (χ3n) is 6.90. The Morgan fingerprint density at radius 3 is 2.71 bits per heavy atom. The molecule has 3 aromatic rings. The molecule has 1 amide bonds. The van der Waals surface area contributed by atoms with Crippen LogP contribution in [-0.2, 0) is 17.7 Å². The van der Waals surface area contributed by atoms with Crippen molar-refractivity contribution >= 4 is 34.5 Å². The van der Waals surface area contributed by atoms with Crippen LogP contribution < -0.4 is 4.90 Å². The highest BCUT2D eigenvalue weighted by Crippen LogP contribution is 2.37. The summed E-state index contributed by atoms with van der Waals surface area (Å²) in [5, 5.41) is 11.7. The molecule has 0 saturated heterocycles. The number of hydrogen-bond donors (Lipinski definition) is 1. The fourth-order valence-corrected chi connectivity index (χ4v) is 5.60. The lowest BCUT2D eigenvalue weighted by Gasteiger charge is -2.44. The zero-order valence-corrected chi connectivity index (χ0v) is 22.5.